The molecule has 0 atom stereocenters. The molecule has 2 heterocycles. The zero-order chi connectivity index (χ0) is 15.0. The molecule has 0 amide bonds. The second-order valence-corrected chi connectivity index (χ2v) is 4.68. The first kappa shape index (κ1) is 13.1. The number of fused-ring (bicyclic) bond motifs is 1. The fraction of sp³-hybridized carbons (Fsp3) is 0.133. The lowest BCUT2D eigenvalue weighted by molar-refractivity contribution is 0.0594. The molecule has 0 fully saturated rings. The smallest absolute Gasteiger partial charge is 0.356 e. The van der Waals surface area contributed by atoms with E-state index in [1.165, 1.54) is 23.9 Å². The van der Waals surface area contributed by atoms with E-state index < -0.39 is 5.97 Å². The zero-order valence-corrected chi connectivity index (χ0v) is 11.6. The van der Waals surface area contributed by atoms with Gasteiger partial charge in [0, 0.05) is 0 Å². The molecule has 106 valence electrons. The van der Waals surface area contributed by atoms with Crippen molar-refractivity contribution >= 4 is 17.0 Å². The molecular formula is C15H13N3O3. The van der Waals surface area contributed by atoms with Crippen LogP contribution in [0.25, 0.3) is 16.7 Å². The van der Waals surface area contributed by atoms with Gasteiger partial charge < -0.3 is 9.72 Å². The molecule has 1 aromatic carbocycles. The minimum Gasteiger partial charge on any atom is -0.464 e. The zero-order valence-electron chi connectivity index (χ0n) is 11.6. The molecule has 1 N–H and O–H groups in total. The van der Waals surface area contributed by atoms with Crippen molar-refractivity contribution in [3.05, 3.63) is 58.3 Å². The number of hydrogen-bond acceptors (Lipinski definition) is 4. The van der Waals surface area contributed by atoms with Crippen molar-refractivity contribution in [2.45, 2.75) is 6.92 Å². The lowest BCUT2D eigenvalue weighted by Crippen LogP contribution is -2.15. The third-order valence-corrected chi connectivity index (χ3v) is 3.24. The van der Waals surface area contributed by atoms with E-state index in [1.54, 1.807) is 6.07 Å². The molecule has 6 heteroatoms. The monoisotopic (exact) mass is 283 g/mol. The van der Waals surface area contributed by atoms with Gasteiger partial charge in [0.1, 0.15) is 5.69 Å². The fourth-order valence-electron chi connectivity index (χ4n) is 2.21. The van der Waals surface area contributed by atoms with Gasteiger partial charge in [-0.2, -0.15) is 0 Å². The number of pyridine rings is 1. The maximum Gasteiger partial charge on any atom is 0.356 e. The molecule has 0 aliphatic carbocycles. The van der Waals surface area contributed by atoms with Gasteiger partial charge in [-0.1, -0.05) is 6.07 Å². The van der Waals surface area contributed by atoms with Gasteiger partial charge >= 0.3 is 11.7 Å². The Morgan fingerprint density at radius 1 is 1.29 bits per heavy atom. The maximum atomic E-state index is 12.1. The van der Waals surface area contributed by atoms with Crippen LogP contribution in [0.1, 0.15) is 16.1 Å². The number of H-pyrrole nitrogens is 1. The highest BCUT2D eigenvalue weighted by Gasteiger charge is 2.11. The first-order valence-electron chi connectivity index (χ1n) is 6.36. The minimum absolute atomic E-state index is 0.199. The van der Waals surface area contributed by atoms with Crippen molar-refractivity contribution < 1.29 is 9.53 Å². The highest BCUT2D eigenvalue weighted by Crippen LogP contribution is 2.16. The summed E-state index contributed by atoms with van der Waals surface area (Å²) >= 11 is 0. The lowest BCUT2D eigenvalue weighted by Gasteiger charge is -2.04. The molecule has 0 unspecified atom stereocenters. The predicted molar refractivity (Wildman–Crippen MR) is 77.8 cm³/mol. The van der Waals surface area contributed by atoms with Crippen LogP contribution in [0.3, 0.4) is 0 Å². The van der Waals surface area contributed by atoms with E-state index in [-0.39, 0.29) is 11.4 Å². The summed E-state index contributed by atoms with van der Waals surface area (Å²) in [6, 6.07) is 8.90. The number of rotatable bonds is 2. The highest BCUT2D eigenvalue weighted by molar-refractivity contribution is 5.87. The molecule has 3 rings (SSSR count). The van der Waals surface area contributed by atoms with Crippen LogP contribution in [0, 0.1) is 6.92 Å². The Labute approximate surface area is 120 Å². The summed E-state index contributed by atoms with van der Waals surface area (Å²) in [5.74, 6) is -0.510. The van der Waals surface area contributed by atoms with Crippen LogP contribution in [-0.4, -0.2) is 27.6 Å². The van der Waals surface area contributed by atoms with E-state index in [0.717, 1.165) is 16.6 Å². The first-order chi connectivity index (χ1) is 10.1. The fourth-order valence-corrected chi connectivity index (χ4v) is 2.21. The number of aromatic nitrogens is 3. The minimum atomic E-state index is -0.510. The van der Waals surface area contributed by atoms with E-state index in [0.29, 0.717) is 5.69 Å². The normalized spacial score (nSPS) is 10.8. The quantitative estimate of drug-likeness (QED) is 0.728. The predicted octanol–water partition coefficient (Wildman–Crippen LogP) is 1.81. The van der Waals surface area contributed by atoms with E-state index >= 15 is 0 Å². The first-order valence-corrected chi connectivity index (χ1v) is 6.36. The topological polar surface area (TPSA) is 77.0 Å². The summed E-state index contributed by atoms with van der Waals surface area (Å²) < 4.78 is 6.12. The highest BCUT2D eigenvalue weighted by atomic mass is 16.5. The number of carbonyl (C=O) groups excluding carboxylic acids is 1. The Balaban J connectivity index is 2.16. The van der Waals surface area contributed by atoms with E-state index in [4.69, 9.17) is 0 Å². The third kappa shape index (κ3) is 2.20. The van der Waals surface area contributed by atoms with Crippen LogP contribution in [0.15, 0.2) is 41.3 Å². The maximum absolute atomic E-state index is 12.1. The van der Waals surface area contributed by atoms with Gasteiger partial charge in [0.25, 0.3) is 0 Å². The summed E-state index contributed by atoms with van der Waals surface area (Å²) in [5, 5.41) is 0. The van der Waals surface area contributed by atoms with Crippen LogP contribution in [0.4, 0.5) is 0 Å². The Morgan fingerprint density at radius 2 is 2.10 bits per heavy atom. The number of aryl methyl sites for hydroxylation is 1. The second-order valence-electron chi connectivity index (χ2n) is 4.68. The molecule has 0 saturated carbocycles. The largest absolute Gasteiger partial charge is 0.464 e. The third-order valence-electron chi connectivity index (χ3n) is 3.24. The molecule has 0 aliphatic rings. The van der Waals surface area contributed by atoms with Gasteiger partial charge in [-0.25, -0.2) is 14.6 Å². The SMILES string of the molecule is COC(=O)c1ccc(-n2c(=O)[nH]c3ccc(C)cc32)cn1. The summed E-state index contributed by atoms with van der Waals surface area (Å²) in [4.78, 5) is 30.3. The van der Waals surface area contributed by atoms with E-state index in [1.807, 2.05) is 25.1 Å². The number of ether oxygens (including phenoxy) is 1. The van der Waals surface area contributed by atoms with Crippen LogP contribution in [0.2, 0.25) is 0 Å². The van der Waals surface area contributed by atoms with Crippen molar-refractivity contribution in [1.29, 1.82) is 0 Å². The Kier molecular flexibility index (Phi) is 3.06. The second kappa shape index (κ2) is 4.90. The van der Waals surface area contributed by atoms with E-state index in [9.17, 15) is 9.59 Å². The average Bonchev–Trinajstić information content (AvgIpc) is 2.82. The molecule has 21 heavy (non-hydrogen) atoms. The lowest BCUT2D eigenvalue weighted by atomic mass is 10.2. The molecule has 2 aromatic heterocycles. The molecular weight excluding hydrogens is 270 g/mol. The van der Waals surface area contributed by atoms with Gasteiger partial charge in [0.05, 0.1) is 30.0 Å². The summed E-state index contributed by atoms with van der Waals surface area (Å²) in [5.41, 5.74) is 3.11. The number of esters is 1. The van der Waals surface area contributed by atoms with Crippen LogP contribution in [0.5, 0.6) is 0 Å². The molecule has 6 nitrogen and oxygen atoms in total. The van der Waals surface area contributed by atoms with Gasteiger partial charge in [-0.05, 0) is 36.8 Å². The van der Waals surface area contributed by atoms with Crippen molar-refractivity contribution in [1.82, 2.24) is 14.5 Å². The number of nitrogens with zero attached hydrogens (tertiary/aromatic N) is 2. The summed E-state index contributed by atoms with van der Waals surface area (Å²) in [7, 11) is 1.30. The summed E-state index contributed by atoms with van der Waals surface area (Å²) in [6.07, 6.45) is 1.48. The van der Waals surface area contributed by atoms with Crippen molar-refractivity contribution in [3.8, 4) is 5.69 Å². The van der Waals surface area contributed by atoms with Crippen LogP contribution >= 0.6 is 0 Å². The van der Waals surface area contributed by atoms with Gasteiger partial charge in [0.15, 0.2) is 0 Å². The van der Waals surface area contributed by atoms with E-state index in [2.05, 4.69) is 14.7 Å². The van der Waals surface area contributed by atoms with Crippen LogP contribution in [-0.2, 0) is 4.74 Å². The van der Waals surface area contributed by atoms with Crippen LogP contribution < -0.4 is 5.69 Å². The van der Waals surface area contributed by atoms with Crippen molar-refractivity contribution in [3.63, 3.8) is 0 Å². The molecule has 0 bridgehead atoms. The molecule has 0 saturated heterocycles. The molecule has 0 spiro atoms. The van der Waals surface area contributed by atoms with Gasteiger partial charge in [-0.3, -0.25) is 4.57 Å². The number of hydrogen-bond donors (Lipinski definition) is 1. The van der Waals surface area contributed by atoms with Crippen molar-refractivity contribution in [2.75, 3.05) is 7.11 Å². The number of carbonyl (C=O) groups is 1. The average molecular weight is 283 g/mol. The Hall–Kier alpha value is -2.89. The van der Waals surface area contributed by atoms with Gasteiger partial charge in [0.2, 0.25) is 0 Å². The number of benzene rings is 1. The number of methoxy groups -OCH3 is 1. The standard InChI is InChI=1S/C15H13N3O3/c1-9-3-5-11-13(7-9)18(15(20)17-11)10-4-6-12(16-8-10)14(19)21-2/h3-8H,1-2H3,(H,17,20). The van der Waals surface area contributed by atoms with Crippen molar-refractivity contribution in [2.24, 2.45) is 0 Å². The Morgan fingerprint density at radius 3 is 2.76 bits per heavy atom. The summed E-state index contributed by atoms with van der Waals surface area (Å²) in [6.45, 7) is 1.96. The van der Waals surface area contributed by atoms with Gasteiger partial charge in [-0.15, -0.1) is 0 Å². The number of nitrogens with one attached hydrogen (secondary N) is 1. The molecule has 0 aliphatic heterocycles. The molecule has 0 radical (unpaired) electrons. The molecule has 3 aromatic rings. The Bertz CT molecular complexity index is 875. The number of aromatic amines is 1. The number of imidazole rings is 1.